The van der Waals surface area contributed by atoms with Crippen LogP contribution >= 0.6 is 11.6 Å². The molecule has 0 aromatic heterocycles. The third-order valence-corrected chi connectivity index (χ3v) is 7.21. The second-order valence-electron chi connectivity index (χ2n) is 9.10. The average molecular weight is 470 g/mol. The SMILES string of the molecule is O=C1CCC(N2Cc3c(cc(F)cc3C3CCN(Cc4cccc(Cl)c4)CC3)C2=O)C(=O)N1. The van der Waals surface area contributed by atoms with Gasteiger partial charge in [0.15, 0.2) is 0 Å². The molecule has 0 bridgehead atoms. The molecule has 2 saturated heterocycles. The quantitative estimate of drug-likeness (QED) is 0.694. The zero-order valence-corrected chi connectivity index (χ0v) is 18.9. The molecular weight excluding hydrogens is 445 g/mol. The highest BCUT2D eigenvalue weighted by Gasteiger charge is 2.41. The van der Waals surface area contributed by atoms with Gasteiger partial charge in [0, 0.05) is 30.1 Å². The fourth-order valence-electron chi connectivity index (χ4n) is 5.31. The smallest absolute Gasteiger partial charge is 0.255 e. The predicted octanol–water partition coefficient (Wildman–Crippen LogP) is 3.62. The molecule has 0 radical (unpaired) electrons. The molecule has 3 aliphatic heterocycles. The summed E-state index contributed by atoms with van der Waals surface area (Å²) < 4.78 is 14.5. The van der Waals surface area contributed by atoms with Crippen molar-refractivity contribution in [1.29, 1.82) is 0 Å². The van der Waals surface area contributed by atoms with Crippen molar-refractivity contribution in [3.05, 3.63) is 69.5 Å². The molecular formula is C25H25ClFN3O3. The molecule has 5 rings (SSSR count). The van der Waals surface area contributed by atoms with Gasteiger partial charge in [0.05, 0.1) is 0 Å². The molecule has 1 unspecified atom stereocenters. The molecule has 33 heavy (non-hydrogen) atoms. The van der Waals surface area contributed by atoms with E-state index >= 15 is 0 Å². The molecule has 0 spiro atoms. The molecule has 2 aromatic carbocycles. The lowest BCUT2D eigenvalue weighted by atomic mass is 9.85. The molecule has 172 valence electrons. The second kappa shape index (κ2) is 8.88. The van der Waals surface area contributed by atoms with E-state index in [2.05, 4.69) is 16.3 Å². The summed E-state index contributed by atoms with van der Waals surface area (Å²) in [6.45, 7) is 2.83. The highest BCUT2D eigenvalue weighted by atomic mass is 35.5. The summed E-state index contributed by atoms with van der Waals surface area (Å²) in [4.78, 5) is 40.8. The minimum atomic E-state index is -0.696. The zero-order valence-electron chi connectivity index (χ0n) is 18.2. The Balaban J connectivity index is 1.31. The van der Waals surface area contributed by atoms with Crippen molar-refractivity contribution in [2.45, 2.75) is 50.7 Å². The third-order valence-electron chi connectivity index (χ3n) is 6.98. The molecule has 2 fully saturated rings. The number of hydrogen-bond acceptors (Lipinski definition) is 4. The Labute approximate surface area is 196 Å². The van der Waals surface area contributed by atoms with E-state index in [-0.39, 0.29) is 30.7 Å². The molecule has 0 saturated carbocycles. The highest BCUT2D eigenvalue weighted by molar-refractivity contribution is 6.30. The standard InChI is InChI=1S/C25H25ClFN3O3/c26-17-3-1-2-15(10-17)13-29-8-6-16(7-9-29)19-11-18(27)12-20-21(19)14-30(25(20)33)22-4-5-23(31)28-24(22)32/h1-3,10-12,16,22H,4-9,13-14H2,(H,28,31,32). The Hall–Kier alpha value is -2.77. The van der Waals surface area contributed by atoms with Crippen molar-refractivity contribution in [3.63, 3.8) is 0 Å². The van der Waals surface area contributed by atoms with Gasteiger partial charge in [0.1, 0.15) is 11.9 Å². The first-order valence-electron chi connectivity index (χ1n) is 11.3. The minimum absolute atomic E-state index is 0.152. The summed E-state index contributed by atoms with van der Waals surface area (Å²) in [6, 6.07) is 9.98. The number of piperidine rings is 2. The van der Waals surface area contributed by atoms with E-state index in [1.807, 2.05) is 18.2 Å². The number of likely N-dealkylation sites (tertiary alicyclic amines) is 1. The fourth-order valence-corrected chi connectivity index (χ4v) is 5.53. The van der Waals surface area contributed by atoms with E-state index in [1.54, 1.807) is 6.07 Å². The molecule has 2 aromatic rings. The maximum Gasteiger partial charge on any atom is 0.255 e. The molecule has 3 heterocycles. The van der Waals surface area contributed by atoms with Gasteiger partial charge in [-0.2, -0.15) is 0 Å². The summed E-state index contributed by atoms with van der Waals surface area (Å²) in [6.07, 6.45) is 2.22. The lowest BCUT2D eigenvalue weighted by Crippen LogP contribution is -2.52. The number of benzene rings is 2. The highest BCUT2D eigenvalue weighted by Crippen LogP contribution is 2.38. The topological polar surface area (TPSA) is 69.7 Å². The number of carbonyl (C=O) groups excluding carboxylic acids is 3. The summed E-state index contributed by atoms with van der Waals surface area (Å²) in [5.41, 5.74) is 3.20. The van der Waals surface area contributed by atoms with E-state index in [9.17, 15) is 18.8 Å². The Morgan fingerprint density at radius 1 is 1.06 bits per heavy atom. The van der Waals surface area contributed by atoms with Gasteiger partial charge >= 0.3 is 0 Å². The largest absolute Gasteiger partial charge is 0.322 e. The predicted molar refractivity (Wildman–Crippen MR) is 121 cm³/mol. The van der Waals surface area contributed by atoms with E-state index in [1.165, 1.54) is 11.0 Å². The number of amides is 3. The molecule has 1 N–H and O–H groups in total. The van der Waals surface area contributed by atoms with Crippen LogP contribution in [0.15, 0.2) is 36.4 Å². The summed E-state index contributed by atoms with van der Waals surface area (Å²) in [5.74, 6) is -1.39. The van der Waals surface area contributed by atoms with Gasteiger partial charge < -0.3 is 4.90 Å². The van der Waals surface area contributed by atoms with Crippen LogP contribution in [0.3, 0.4) is 0 Å². The lowest BCUT2D eigenvalue weighted by Gasteiger charge is -2.33. The first-order chi connectivity index (χ1) is 15.9. The van der Waals surface area contributed by atoms with Crippen molar-refractivity contribution in [2.24, 2.45) is 0 Å². The van der Waals surface area contributed by atoms with Crippen molar-refractivity contribution in [2.75, 3.05) is 13.1 Å². The van der Waals surface area contributed by atoms with Gasteiger partial charge in [-0.3, -0.25) is 24.6 Å². The fraction of sp³-hybridized carbons (Fsp3) is 0.400. The molecule has 3 aliphatic rings. The van der Waals surface area contributed by atoms with Gasteiger partial charge in [0.25, 0.3) is 5.91 Å². The van der Waals surface area contributed by atoms with Crippen molar-refractivity contribution >= 4 is 29.3 Å². The Bertz CT molecular complexity index is 1130. The van der Waals surface area contributed by atoms with E-state index in [4.69, 9.17) is 11.6 Å². The monoisotopic (exact) mass is 469 g/mol. The first-order valence-corrected chi connectivity index (χ1v) is 11.7. The number of imide groups is 1. The number of fused-ring (bicyclic) bond motifs is 1. The molecule has 8 heteroatoms. The minimum Gasteiger partial charge on any atom is -0.322 e. The summed E-state index contributed by atoms with van der Waals surface area (Å²) in [5, 5.41) is 3.04. The summed E-state index contributed by atoms with van der Waals surface area (Å²) >= 11 is 6.10. The van der Waals surface area contributed by atoms with Crippen LogP contribution in [0.4, 0.5) is 4.39 Å². The average Bonchev–Trinajstić information content (AvgIpc) is 3.10. The number of nitrogens with one attached hydrogen (secondary N) is 1. The number of nitrogens with zero attached hydrogens (tertiary/aromatic N) is 2. The number of rotatable bonds is 4. The lowest BCUT2D eigenvalue weighted by molar-refractivity contribution is -0.136. The molecule has 1 atom stereocenters. The van der Waals surface area contributed by atoms with Gasteiger partial charge in [-0.05, 0) is 79.2 Å². The van der Waals surface area contributed by atoms with Gasteiger partial charge in [-0.1, -0.05) is 23.7 Å². The Morgan fingerprint density at radius 3 is 2.58 bits per heavy atom. The van der Waals surface area contributed by atoms with E-state index in [0.29, 0.717) is 12.0 Å². The molecule has 3 amide bonds. The van der Waals surface area contributed by atoms with Crippen molar-refractivity contribution < 1.29 is 18.8 Å². The zero-order chi connectivity index (χ0) is 23.1. The van der Waals surface area contributed by atoms with Gasteiger partial charge in [-0.15, -0.1) is 0 Å². The third kappa shape index (κ3) is 4.39. The van der Waals surface area contributed by atoms with E-state index < -0.39 is 17.8 Å². The van der Waals surface area contributed by atoms with Gasteiger partial charge in [-0.25, -0.2) is 4.39 Å². The van der Waals surface area contributed by atoms with Crippen molar-refractivity contribution in [3.8, 4) is 0 Å². The van der Waals surface area contributed by atoms with Crippen LogP contribution < -0.4 is 5.32 Å². The maximum absolute atomic E-state index is 14.5. The summed E-state index contributed by atoms with van der Waals surface area (Å²) in [7, 11) is 0. The molecule has 6 nitrogen and oxygen atoms in total. The van der Waals surface area contributed by atoms with Crippen LogP contribution in [-0.4, -0.2) is 46.7 Å². The van der Waals surface area contributed by atoms with Crippen LogP contribution in [-0.2, 0) is 22.7 Å². The number of halogens is 2. The van der Waals surface area contributed by atoms with Crippen LogP contribution in [0.5, 0.6) is 0 Å². The normalized spacial score (nSPS) is 21.9. The number of carbonyl (C=O) groups is 3. The Morgan fingerprint density at radius 2 is 1.85 bits per heavy atom. The second-order valence-corrected chi connectivity index (χ2v) is 9.54. The van der Waals surface area contributed by atoms with Crippen LogP contribution in [0.25, 0.3) is 0 Å². The van der Waals surface area contributed by atoms with Gasteiger partial charge in [0.2, 0.25) is 11.8 Å². The van der Waals surface area contributed by atoms with E-state index in [0.717, 1.165) is 54.2 Å². The Kier molecular flexibility index (Phi) is 5.93. The van der Waals surface area contributed by atoms with Crippen LogP contribution in [0, 0.1) is 5.82 Å². The van der Waals surface area contributed by atoms with Crippen LogP contribution in [0.2, 0.25) is 5.02 Å². The number of hydrogen-bond donors (Lipinski definition) is 1. The van der Waals surface area contributed by atoms with Crippen LogP contribution in [0.1, 0.15) is 58.6 Å². The first kappa shape index (κ1) is 22.0. The maximum atomic E-state index is 14.5. The molecule has 0 aliphatic carbocycles. The van der Waals surface area contributed by atoms with Crippen molar-refractivity contribution in [1.82, 2.24) is 15.1 Å².